The molecule has 0 radical (unpaired) electrons. The number of carbonyl (C=O) groups excluding carboxylic acids is 2. The van der Waals surface area contributed by atoms with Crippen LogP contribution in [0.4, 0.5) is 0 Å². The number of benzene rings is 2. The van der Waals surface area contributed by atoms with E-state index in [1.807, 2.05) is 0 Å². The summed E-state index contributed by atoms with van der Waals surface area (Å²) in [6, 6.07) is 11.8. The largest absolute Gasteiger partial charge is 0.289 e. The minimum absolute atomic E-state index is 0.139. The zero-order valence-corrected chi connectivity index (χ0v) is 10.7. The molecule has 0 unspecified atom stereocenters. The Morgan fingerprint density at radius 3 is 2.14 bits per heavy atom. The summed E-state index contributed by atoms with van der Waals surface area (Å²) in [4.78, 5) is 25.0. The van der Waals surface area contributed by atoms with E-state index in [0.717, 1.165) is 0 Å². The molecule has 1 N–H and O–H groups in total. The maximum atomic E-state index is 12.6. The third kappa shape index (κ3) is 1.62. The van der Waals surface area contributed by atoms with E-state index in [9.17, 15) is 9.59 Å². The molecule has 0 bridgehead atoms. The molecule has 4 rings (SSSR count). The second-order valence-electron chi connectivity index (χ2n) is 4.70. The van der Waals surface area contributed by atoms with Crippen molar-refractivity contribution in [1.29, 1.82) is 0 Å². The number of hydrogen-bond donors (Lipinski definition) is 1. The molecule has 1 aromatic heterocycles. The summed E-state index contributed by atoms with van der Waals surface area (Å²) in [5.74, 6) is 0.0855. The number of tetrazole rings is 1. The van der Waals surface area contributed by atoms with Crippen molar-refractivity contribution in [3.8, 4) is 11.4 Å². The fourth-order valence-corrected chi connectivity index (χ4v) is 2.52. The summed E-state index contributed by atoms with van der Waals surface area (Å²) >= 11 is 0. The molecular weight excluding hydrogens is 268 g/mol. The van der Waals surface area contributed by atoms with Crippen LogP contribution in [-0.2, 0) is 0 Å². The van der Waals surface area contributed by atoms with Gasteiger partial charge < -0.3 is 0 Å². The molecule has 0 spiro atoms. The Kier molecular flexibility index (Phi) is 2.32. The second-order valence-corrected chi connectivity index (χ2v) is 4.70. The molecule has 1 heterocycles. The summed E-state index contributed by atoms with van der Waals surface area (Å²) in [6.07, 6.45) is 0. The highest BCUT2D eigenvalue weighted by atomic mass is 16.1. The van der Waals surface area contributed by atoms with Crippen LogP contribution in [0.5, 0.6) is 0 Å². The molecule has 21 heavy (non-hydrogen) atoms. The van der Waals surface area contributed by atoms with Crippen LogP contribution in [-0.4, -0.2) is 32.2 Å². The van der Waals surface area contributed by atoms with E-state index in [1.165, 1.54) is 0 Å². The van der Waals surface area contributed by atoms with E-state index in [0.29, 0.717) is 33.6 Å². The van der Waals surface area contributed by atoms with Gasteiger partial charge in [0.25, 0.3) is 0 Å². The number of aromatic amines is 1. The molecule has 100 valence electrons. The summed E-state index contributed by atoms with van der Waals surface area (Å²) in [5, 5.41) is 13.6. The molecular formula is C15H8N4O2. The van der Waals surface area contributed by atoms with Gasteiger partial charge in [-0.15, -0.1) is 10.2 Å². The fraction of sp³-hybridized carbons (Fsp3) is 0. The van der Waals surface area contributed by atoms with Crippen molar-refractivity contribution in [3.05, 3.63) is 64.7 Å². The quantitative estimate of drug-likeness (QED) is 0.571. The second kappa shape index (κ2) is 4.17. The van der Waals surface area contributed by atoms with Crippen LogP contribution < -0.4 is 0 Å². The Morgan fingerprint density at radius 1 is 0.810 bits per heavy atom. The summed E-state index contributed by atoms with van der Waals surface area (Å²) in [6.45, 7) is 0. The van der Waals surface area contributed by atoms with Crippen LogP contribution in [0.1, 0.15) is 31.8 Å². The van der Waals surface area contributed by atoms with Gasteiger partial charge in [-0.05, 0) is 17.3 Å². The van der Waals surface area contributed by atoms with Gasteiger partial charge in [0, 0.05) is 27.8 Å². The molecule has 1 aliphatic carbocycles. The van der Waals surface area contributed by atoms with E-state index in [1.54, 1.807) is 42.5 Å². The molecule has 0 saturated carbocycles. The number of hydrogen-bond acceptors (Lipinski definition) is 5. The van der Waals surface area contributed by atoms with E-state index < -0.39 is 0 Å². The van der Waals surface area contributed by atoms with Crippen molar-refractivity contribution in [3.63, 3.8) is 0 Å². The van der Waals surface area contributed by atoms with Gasteiger partial charge in [-0.3, -0.25) is 9.59 Å². The van der Waals surface area contributed by atoms with Crippen LogP contribution in [0.3, 0.4) is 0 Å². The maximum absolute atomic E-state index is 12.6. The van der Waals surface area contributed by atoms with Crippen molar-refractivity contribution in [2.75, 3.05) is 0 Å². The molecule has 2 aromatic carbocycles. The Balaban J connectivity index is 1.93. The van der Waals surface area contributed by atoms with Gasteiger partial charge in [-0.2, -0.15) is 5.21 Å². The first-order chi connectivity index (χ1) is 10.3. The zero-order valence-electron chi connectivity index (χ0n) is 10.7. The third-order valence-electron chi connectivity index (χ3n) is 3.53. The number of carbonyl (C=O) groups is 2. The molecule has 0 amide bonds. The van der Waals surface area contributed by atoms with Gasteiger partial charge in [0.15, 0.2) is 11.6 Å². The first-order valence-electron chi connectivity index (χ1n) is 6.32. The molecule has 3 aromatic rings. The predicted octanol–water partition coefficient (Wildman–Crippen LogP) is 1.64. The topological polar surface area (TPSA) is 88.6 Å². The van der Waals surface area contributed by atoms with Crippen molar-refractivity contribution in [1.82, 2.24) is 20.6 Å². The molecule has 6 nitrogen and oxygen atoms in total. The number of fused-ring (bicyclic) bond motifs is 2. The van der Waals surface area contributed by atoms with Gasteiger partial charge in [-0.1, -0.05) is 30.3 Å². The predicted molar refractivity (Wildman–Crippen MR) is 72.9 cm³/mol. The summed E-state index contributed by atoms with van der Waals surface area (Å²) < 4.78 is 0. The van der Waals surface area contributed by atoms with Gasteiger partial charge in [0.2, 0.25) is 5.82 Å². The van der Waals surface area contributed by atoms with Crippen molar-refractivity contribution in [2.45, 2.75) is 0 Å². The minimum Gasteiger partial charge on any atom is -0.289 e. The Labute approximate surface area is 118 Å². The zero-order chi connectivity index (χ0) is 14.4. The van der Waals surface area contributed by atoms with E-state index in [4.69, 9.17) is 0 Å². The Morgan fingerprint density at radius 2 is 1.48 bits per heavy atom. The Hall–Kier alpha value is -3.15. The van der Waals surface area contributed by atoms with Crippen LogP contribution >= 0.6 is 0 Å². The average molecular weight is 276 g/mol. The van der Waals surface area contributed by atoms with E-state index >= 15 is 0 Å². The first-order valence-corrected chi connectivity index (χ1v) is 6.32. The maximum Gasteiger partial charge on any atom is 0.204 e. The molecule has 0 aliphatic heterocycles. The molecule has 0 saturated heterocycles. The SMILES string of the molecule is O=C1c2ccccc2C(=O)c2cc(-c3nn[nH]n3)ccc21. The minimum atomic E-state index is -0.162. The Bertz CT molecular complexity index is 884. The number of nitrogens with zero attached hydrogens (tertiary/aromatic N) is 3. The standard InChI is InChI=1S/C15H8N4O2/c20-13-9-3-1-2-4-10(9)14(21)12-7-8(5-6-11(12)13)15-16-18-19-17-15/h1-7H,(H,16,17,18,19). The highest BCUT2D eigenvalue weighted by molar-refractivity contribution is 6.28. The summed E-state index contributed by atoms with van der Waals surface area (Å²) in [7, 11) is 0. The highest BCUT2D eigenvalue weighted by Gasteiger charge is 2.29. The van der Waals surface area contributed by atoms with Crippen molar-refractivity contribution in [2.24, 2.45) is 0 Å². The lowest BCUT2D eigenvalue weighted by molar-refractivity contribution is 0.0979. The van der Waals surface area contributed by atoms with Crippen LogP contribution in [0.25, 0.3) is 11.4 Å². The smallest absolute Gasteiger partial charge is 0.204 e. The molecule has 0 fully saturated rings. The van der Waals surface area contributed by atoms with E-state index in [2.05, 4.69) is 20.6 Å². The average Bonchev–Trinajstić information content (AvgIpc) is 3.06. The summed E-state index contributed by atoms with van der Waals surface area (Å²) in [5.41, 5.74) is 2.30. The van der Waals surface area contributed by atoms with Crippen molar-refractivity contribution < 1.29 is 9.59 Å². The van der Waals surface area contributed by atoms with Gasteiger partial charge in [0.05, 0.1) is 0 Å². The number of nitrogens with one attached hydrogen (secondary N) is 1. The lowest BCUT2D eigenvalue weighted by Crippen LogP contribution is -2.20. The monoisotopic (exact) mass is 276 g/mol. The lowest BCUT2D eigenvalue weighted by atomic mass is 9.83. The van der Waals surface area contributed by atoms with Crippen LogP contribution in [0.2, 0.25) is 0 Å². The van der Waals surface area contributed by atoms with Gasteiger partial charge in [0.1, 0.15) is 0 Å². The van der Waals surface area contributed by atoms with Crippen molar-refractivity contribution >= 4 is 11.6 Å². The number of aromatic nitrogens is 4. The lowest BCUT2D eigenvalue weighted by Gasteiger charge is -2.17. The normalized spacial score (nSPS) is 13.0. The van der Waals surface area contributed by atoms with Gasteiger partial charge >= 0.3 is 0 Å². The van der Waals surface area contributed by atoms with E-state index in [-0.39, 0.29) is 11.6 Å². The number of H-pyrrole nitrogens is 1. The molecule has 0 atom stereocenters. The molecule has 6 heteroatoms. The third-order valence-corrected chi connectivity index (χ3v) is 3.53. The fourth-order valence-electron chi connectivity index (χ4n) is 2.52. The number of ketones is 2. The highest BCUT2D eigenvalue weighted by Crippen LogP contribution is 2.29. The van der Waals surface area contributed by atoms with Gasteiger partial charge in [-0.25, -0.2) is 0 Å². The number of rotatable bonds is 1. The molecule has 1 aliphatic rings. The van der Waals surface area contributed by atoms with Crippen LogP contribution in [0.15, 0.2) is 42.5 Å². The first kappa shape index (κ1) is 11.7. The van der Waals surface area contributed by atoms with Crippen LogP contribution in [0, 0.1) is 0 Å².